The summed E-state index contributed by atoms with van der Waals surface area (Å²) in [6.07, 6.45) is 0.561. The van der Waals surface area contributed by atoms with Gasteiger partial charge in [-0.1, -0.05) is 22.0 Å². The average Bonchev–Trinajstić information content (AvgIpc) is 2.81. The highest BCUT2D eigenvalue weighted by atomic mass is 79.9. The first-order valence-electron chi connectivity index (χ1n) is 6.02. The Morgan fingerprint density at radius 3 is 2.84 bits per heavy atom. The van der Waals surface area contributed by atoms with Crippen LogP contribution in [0, 0.1) is 0 Å². The van der Waals surface area contributed by atoms with E-state index in [-0.39, 0.29) is 23.5 Å². The van der Waals surface area contributed by atoms with E-state index in [9.17, 15) is 13.2 Å². The summed E-state index contributed by atoms with van der Waals surface area (Å²) in [6.45, 7) is 0. The molecule has 5 nitrogen and oxygen atoms in total. The molecule has 0 radical (unpaired) electrons. The van der Waals surface area contributed by atoms with Gasteiger partial charge in [-0.3, -0.25) is 10.1 Å². The number of hydrogen-bond donors (Lipinski definition) is 2. The minimum Gasteiger partial charge on any atom is -0.324 e. The predicted molar refractivity (Wildman–Crippen MR) is 75.7 cm³/mol. The molecule has 2 unspecified atom stereocenters. The van der Waals surface area contributed by atoms with Crippen molar-refractivity contribution in [2.45, 2.75) is 18.5 Å². The number of carbonyl (C=O) groups is 1. The van der Waals surface area contributed by atoms with Gasteiger partial charge in [-0.15, -0.1) is 0 Å². The van der Waals surface area contributed by atoms with Gasteiger partial charge in [0, 0.05) is 21.8 Å². The van der Waals surface area contributed by atoms with Crippen LogP contribution >= 0.6 is 15.9 Å². The van der Waals surface area contributed by atoms with E-state index in [1.54, 1.807) is 0 Å². The molecule has 2 atom stereocenters. The summed E-state index contributed by atoms with van der Waals surface area (Å²) in [5, 5.41) is 5.96. The first-order chi connectivity index (χ1) is 8.96. The molecule has 2 N–H and O–H groups in total. The Morgan fingerprint density at radius 2 is 2.16 bits per heavy atom. The molecule has 19 heavy (non-hydrogen) atoms. The van der Waals surface area contributed by atoms with Gasteiger partial charge in [-0.05, 0) is 18.6 Å². The van der Waals surface area contributed by atoms with Crippen LogP contribution in [-0.2, 0) is 14.6 Å². The Balaban J connectivity index is 1.85. The first kappa shape index (κ1) is 13.1. The average molecular weight is 345 g/mol. The molecule has 2 aliphatic heterocycles. The number of fused-ring (bicyclic) bond motifs is 1. The zero-order valence-electron chi connectivity index (χ0n) is 10.0. The topological polar surface area (TPSA) is 75.3 Å². The standard InChI is InChI=1S/C12H13BrN2O3S/c13-8-2-1-3-9-10(8)11(12(16)15-9)14-7-4-5-19(17,18)6-7/h1-3,7,11,14H,4-6H2,(H,15,16). The van der Waals surface area contributed by atoms with Gasteiger partial charge in [-0.2, -0.15) is 0 Å². The summed E-state index contributed by atoms with van der Waals surface area (Å²) in [4.78, 5) is 12.0. The van der Waals surface area contributed by atoms with E-state index >= 15 is 0 Å². The largest absolute Gasteiger partial charge is 0.324 e. The fourth-order valence-corrected chi connectivity index (χ4v) is 4.88. The van der Waals surface area contributed by atoms with Gasteiger partial charge >= 0.3 is 0 Å². The SMILES string of the molecule is O=C1Nc2cccc(Br)c2C1NC1CCS(=O)(=O)C1. The van der Waals surface area contributed by atoms with Crippen LogP contribution < -0.4 is 10.6 Å². The Kier molecular flexibility index (Phi) is 3.15. The lowest BCUT2D eigenvalue weighted by Gasteiger charge is -2.17. The van der Waals surface area contributed by atoms with Crippen LogP contribution in [0.2, 0.25) is 0 Å². The Morgan fingerprint density at radius 1 is 1.37 bits per heavy atom. The molecule has 7 heteroatoms. The number of sulfone groups is 1. The lowest BCUT2D eigenvalue weighted by Crippen LogP contribution is -2.37. The number of hydrogen-bond acceptors (Lipinski definition) is 4. The van der Waals surface area contributed by atoms with Gasteiger partial charge in [-0.25, -0.2) is 8.42 Å². The molecule has 0 saturated carbocycles. The Bertz CT molecular complexity index is 644. The molecule has 3 rings (SSSR count). The van der Waals surface area contributed by atoms with Crippen molar-refractivity contribution in [1.29, 1.82) is 0 Å². The van der Waals surface area contributed by atoms with Crippen LogP contribution in [0.25, 0.3) is 0 Å². The molecule has 1 amide bonds. The van der Waals surface area contributed by atoms with Crippen molar-refractivity contribution in [2.75, 3.05) is 16.8 Å². The molecule has 0 aromatic heterocycles. The molecular formula is C12H13BrN2O3S. The van der Waals surface area contributed by atoms with Crippen molar-refractivity contribution < 1.29 is 13.2 Å². The molecular weight excluding hydrogens is 332 g/mol. The predicted octanol–water partition coefficient (Wildman–Crippen LogP) is 1.22. The summed E-state index contributed by atoms with van der Waals surface area (Å²) in [5.41, 5.74) is 1.63. The van der Waals surface area contributed by atoms with Crippen molar-refractivity contribution >= 4 is 37.4 Å². The van der Waals surface area contributed by atoms with Crippen molar-refractivity contribution in [3.63, 3.8) is 0 Å². The molecule has 0 spiro atoms. The molecule has 0 aliphatic carbocycles. The monoisotopic (exact) mass is 344 g/mol. The maximum Gasteiger partial charge on any atom is 0.246 e. The summed E-state index contributed by atoms with van der Waals surface area (Å²) in [7, 11) is -2.95. The van der Waals surface area contributed by atoms with Crippen LogP contribution in [0.4, 0.5) is 5.69 Å². The van der Waals surface area contributed by atoms with Gasteiger partial charge in [0.2, 0.25) is 5.91 Å². The minimum atomic E-state index is -2.95. The molecule has 1 aromatic carbocycles. The number of carbonyl (C=O) groups excluding carboxylic acids is 1. The lowest BCUT2D eigenvalue weighted by atomic mass is 10.1. The van der Waals surface area contributed by atoms with Crippen molar-refractivity contribution in [3.05, 3.63) is 28.2 Å². The Hall–Kier alpha value is -0.920. The highest BCUT2D eigenvalue weighted by Crippen LogP contribution is 2.37. The molecule has 102 valence electrons. The molecule has 1 aromatic rings. The maximum absolute atomic E-state index is 12.0. The van der Waals surface area contributed by atoms with Gasteiger partial charge < -0.3 is 5.32 Å². The number of benzene rings is 1. The second-order valence-electron chi connectivity index (χ2n) is 4.89. The molecule has 2 aliphatic rings. The maximum atomic E-state index is 12.0. The van der Waals surface area contributed by atoms with E-state index in [0.717, 1.165) is 15.7 Å². The highest BCUT2D eigenvalue weighted by Gasteiger charge is 2.36. The van der Waals surface area contributed by atoms with E-state index in [0.29, 0.717) is 6.42 Å². The van der Waals surface area contributed by atoms with E-state index in [1.807, 2.05) is 18.2 Å². The molecule has 2 heterocycles. The van der Waals surface area contributed by atoms with E-state index in [2.05, 4.69) is 26.6 Å². The minimum absolute atomic E-state index is 0.108. The second-order valence-corrected chi connectivity index (χ2v) is 7.97. The van der Waals surface area contributed by atoms with Gasteiger partial charge in [0.25, 0.3) is 0 Å². The first-order valence-corrected chi connectivity index (χ1v) is 8.63. The van der Waals surface area contributed by atoms with E-state index in [4.69, 9.17) is 0 Å². The third kappa shape index (κ3) is 2.42. The van der Waals surface area contributed by atoms with Gasteiger partial charge in [0.1, 0.15) is 6.04 Å². The molecule has 1 saturated heterocycles. The smallest absolute Gasteiger partial charge is 0.246 e. The zero-order chi connectivity index (χ0) is 13.6. The zero-order valence-corrected chi connectivity index (χ0v) is 12.4. The van der Waals surface area contributed by atoms with Gasteiger partial charge in [0.05, 0.1) is 11.5 Å². The number of anilines is 1. The molecule has 1 fully saturated rings. The van der Waals surface area contributed by atoms with Crippen molar-refractivity contribution in [3.8, 4) is 0 Å². The van der Waals surface area contributed by atoms with Crippen molar-refractivity contribution in [1.82, 2.24) is 5.32 Å². The summed E-state index contributed by atoms with van der Waals surface area (Å²) in [5.74, 6) is 0.171. The number of rotatable bonds is 2. The summed E-state index contributed by atoms with van der Waals surface area (Å²) < 4.78 is 23.8. The van der Waals surface area contributed by atoms with Crippen LogP contribution in [0.3, 0.4) is 0 Å². The number of amides is 1. The summed E-state index contributed by atoms with van der Waals surface area (Å²) >= 11 is 3.44. The van der Waals surface area contributed by atoms with Crippen LogP contribution in [0.5, 0.6) is 0 Å². The lowest BCUT2D eigenvalue weighted by molar-refractivity contribution is -0.117. The van der Waals surface area contributed by atoms with E-state index < -0.39 is 15.9 Å². The fourth-order valence-electron chi connectivity index (χ4n) is 2.60. The van der Waals surface area contributed by atoms with Crippen molar-refractivity contribution in [2.24, 2.45) is 0 Å². The molecule has 0 bridgehead atoms. The number of halogens is 1. The fraction of sp³-hybridized carbons (Fsp3) is 0.417. The van der Waals surface area contributed by atoms with E-state index in [1.165, 1.54) is 0 Å². The van der Waals surface area contributed by atoms with Crippen LogP contribution in [0.15, 0.2) is 22.7 Å². The normalized spacial score (nSPS) is 28.2. The Labute approximate surface area is 119 Å². The quantitative estimate of drug-likeness (QED) is 0.845. The third-order valence-electron chi connectivity index (χ3n) is 3.50. The third-order valence-corrected chi connectivity index (χ3v) is 5.96. The van der Waals surface area contributed by atoms with Crippen LogP contribution in [0.1, 0.15) is 18.0 Å². The second kappa shape index (κ2) is 4.57. The number of nitrogens with one attached hydrogen (secondary N) is 2. The summed E-state index contributed by atoms with van der Waals surface area (Å²) in [6, 6.07) is 4.93. The highest BCUT2D eigenvalue weighted by molar-refractivity contribution is 9.10. The van der Waals surface area contributed by atoms with Gasteiger partial charge in [0.15, 0.2) is 9.84 Å². The van der Waals surface area contributed by atoms with Crippen LogP contribution in [-0.4, -0.2) is 31.9 Å².